The first kappa shape index (κ1) is 12.3. The molecule has 0 spiro atoms. The standard InChI is InChI=1S/C14H17NO4/c16-8-10-4-3-7-15(10)14(17)13-9-18-11-5-1-2-6-12(11)19-13/h1-2,5-6,10,13,16H,3-4,7-9H2. The van der Waals surface area contributed by atoms with Crippen LogP contribution in [0.1, 0.15) is 12.8 Å². The van der Waals surface area contributed by atoms with Gasteiger partial charge in [-0.2, -0.15) is 0 Å². The van der Waals surface area contributed by atoms with Gasteiger partial charge in [-0.1, -0.05) is 12.1 Å². The lowest BCUT2D eigenvalue weighted by atomic mass is 10.2. The van der Waals surface area contributed by atoms with Crippen molar-refractivity contribution >= 4 is 5.91 Å². The maximum atomic E-state index is 12.4. The molecular weight excluding hydrogens is 246 g/mol. The molecule has 2 aliphatic rings. The van der Waals surface area contributed by atoms with Gasteiger partial charge in [-0.3, -0.25) is 4.79 Å². The number of carbonyl (C=O) groups excluding carboxylic acids is 1. The number of amides is 1. The zero-order valence-corrected chi connectivity index (χ0v) is 10.6. The third-order valence-corrected chi connectivity index (χ3v) is 3.65. The van der Waals surface area contributed by atoms with Crippen molar-refractivity contribution in [3.05, 3.63) is 24.3 Å². The van der Waals surface area contributed by atoms with Crippen LogP contribution in [0.25, 0.3) is 0 Å². The molecule has 1 aromatic carbocycles. The van der Waals surface area contributed by atoms with Crippen LogP contribution < -0.4 is 9.47 Å². The SMILES string of the molecule is O=C(C1COc2ccccc2O1)N1CCCC1CO. The zero-order chi connectivity index (χ0) is 13.2. The summed E-state index contributed by atoms with van der Waals surface area (Å²) in [5.74, 6) is 1.18. The van der Waals surface area contributed by atoms with E-state index in [4.69, 9.17) is 9.47 Å². The Morgan fingerprint density at radius 2 is 2.16 bits per heavy atom. The number of benzene rings is 1. The van der Waals surface area contributed by atoms with Gasteiger partial charge in [-0.15, -0.1) is 0 Å². The molecule has 0 radical (unpaired) electrons. The molecular formula is C14H17NO4. The van der Waals surface area contributed by atoms with Crippen LogP contribution in [0, 0.1) is 0 Å². The highest BCUT2D eigenvalue weighted by Crippen LogP contribution is 2.32. The summed E-state index contributed by atoms with van der Waals surface area (Å²) < 4.78 is 11.3. The lowest BCUT2D eigenvalue weighted by Crippen LogP contribution is -2.49. The van der Waals surface area contributed by atoms with Crippen molar-refractivity contribution in [1.29, 1.82) is 0 Å². The summed E-state index contributed by atoms with van der Waals surface area (Å²) in [5, 5.41) is 9.28. The molecule has 0 aliphatic carbocycles. The molecule has 2 heterocycles. The third kappa shape index (κ3) is 2.26. The molecule has 1 saturated heterocycles. The number of carbonyl (C=O) groups is 1. The second-order valence-electron chi connectivity index (χ2n) is 4.87. The van der Waals surface area contributed by atoms with E-state index in [0.29, 0.717) is 18.0 Å². The highest BCUT2D eigenvalue weighted by atomic mass is 16.6. The van der Waals surface area contributed by atoms with E-state index in [-0.39, 0.29) is 25.2 Å². The first-order chi connectivity index (χ1) is 9.29. The maximum absolute atomic E-state index is 12.4. The molecule has 0 saturated carbocycles. The molecule has 1 fully saturated rings. The Morgan fingerprint density at radius 3 is 2.95 bits per heavy atom. The molecule has 2 aliphatic heterocycles. The Hall–Kier alpha value is -1.75. The van der Waals surface area contributed by atoms with E-state index in [1.807, 2.05) is 18.2 Å². The van der Waals surface area contributed by atoms with Crippen molar-refractivity contribution in [3.8, 4) is 11.5 Å². The maximum Gasteiger partial charge on any atom is 0.267 e. The average molecular weight is 263 g/mol. The number of aliphatic hydroxyl groups is 1. The fraction of sp³-hybridized carbons (Fsp3) is 0.500. The van der Waals surface area contributed by atoms with Crippen LogP contribution >= 0.6 is 0 Å². The van der Waals surface area contributed by atoms with E-state index in [1.54, 1.807) is 11.0 Å². The van der Waals surface area contributed by atoms with Gasteiger partial charge in [0, 0.05) is 6.54 Å². The number of hydrogen-bond acceptors (Lipinski definition) is 4. The van der Waals surface area contributed by atoms with Gasteiger partial charge in [0.05, 0.1) is 12.6 Å². The van der Waals surface area contributed by atoms with Gasteiger partial charge in [-0.05, 0) is 25.0 Å². The molecule has 1 N–H and O–H groups in total. The lowest BCUT2D eigenvalue weighted by Gasteiger charge is -2.31. The summed E-state index contributed by atoms with van der Waals surface area (Å²) in [4.78, 5) is 14.1. The normalized spacial score (nSPS) is 25.4. The summed E-state index contributed by atoms with van der Waals surface area (Å²) >= 11 is 0. The van der Waals surface area contributed by atoms with Gasteiger partial charge in [0.2, 0.25) is 6.10 Å². The number of ether oxygens (including phenoxy) is 2. The lowest BCUT2D eigenvalue weighted by molar-refractivity contribution is -0.142. The van der Waals surface area contributed by atoms with Crippen LogP contribution in [0.5, 0.6) is 11.5 Å². The van der Waals surface area contributed by atoms with Crippen LogP contribution in [0.3, 0.4) is 0 Å². The summed E-state index contributed by atoms with van der Waals surface area (Å²) in [6, 6.07) is 7.26. The van der Waals surface area contributed by atoms with E-state index in [2.05, 4.69) is 0 Å². The minimum atomic E-state index is -0.609. The highest BCUT2D eigenvalue weighted by Gasteiger charge is 2.36. The Kier molecular flexibility index (Phi) is 3.29. The molecule has 0 bridgehead atoms. The fourth-order valence-electron chi connectivity index (χ4n) is 2.64. The number of likely N-dealkylation sites (tertiary alicyclic amines) is 1. The number of fused-ring (bicyclic) bond motifs is 1. The molecule has 2 atom stereocenters. The van der Waals surface area contributed by atoms with Crippen LogP contribution in [0.2, 0.25) is 0 Å². The van der Waals surface area contributed by atoms with E-state index in [0.717, 1.165) is 12.8 Å². The summed E-state index contributed by atoms with van der Waals surface area (Å²) in [7, 11) is 0. The van der Waals surface area contributed by atoms with Gasteiger partial charge >= 0.3 is 0 Å². The predicted molar refractivity (Wildman–Crippen MR) is 68.2 cm³/mol. The second kappa shape index (κ2) is 5.09. The smallest absolute Gasteiger partial charge is 0.267 e. The molecule has 19 heavy (non-hydrogen) atoms. The van der Waals surface area contributed by atoms with Crippen molar-refractivity contribution in [2.75, 3.05) is 19.8 Å². The largest absolute Gasteiger partial charge is 0.485 e. The van der Waals surface area contributed by atoms with Crippen molar-refractivity contribution in [2.24, 2.45) is 0 Å². The molecule has 1 aromatic rings. The summed E-state index contributed by atoms with van der Waals surface area (Å²) in [5.41, 5.74) is 0. The first-order valence-corrected chi connectivity index (χ1v) is 6.59. The zero-order valence-electron chi connectivity index (χ0n) is 10.6. The number of aliphatic hydroxyl groups excluding tert-OH is 1. The number of para-hydroxylation sites is 2. The molecule has 0 aromatic heterocycles. The van der Waals surface area contributed by atoms with Gasteiger partial charge in [-0.25, -0.2) is 0 Å². The van der Waals surface area contributed by atoms with Crippen molar-refractivity contribution in [3.63, 3.8) is 0 Å². The number of hydrogen-bond donors (Lipinski definition) is 1. The quantitative estimate of drug-likeness (QED) is 0.858. The number of rotatable bonds is 2. The van der Waals surface area contributed by atoms with Crippen molar-refractivity contribution < 1.29 is 19.4 Å². The van der Waals surface area contributed by atoms with Crippen LogP contribution in [0.4, 0.5) is 0 Å². The minimum absolute atomic E-state index is 0.00983. The predicted octanol–water partition coefficient (Wildman–Crippen LogP) is 0.810. The molecule has 5 nitrogen and oxygen atoms in total. The Bertz CT molecular complexity index is 476. The molecule has 1 amide bonds. The first-order valence-electron chi connectivity index (χ1n) is 6.59. The van der Waals surface area contributed by atoms with E-state index >= 15 is 0 Å². The van der Waals surface area contributed by atoms with Crippen molar-refractivity contribution in [1.82, 2.24) is 4.90 Å². The topological polar surface area (TPSA) is 59.0 Å². The summed E-state index contributed by atoms with van der Waals surface area (Å²) in [6.45, 7) is 0.923. The molecule has 2 unspecified atom stereocenters. The van der Waals surface area contributed by atoms with Gasteiger partial charge < -0.3 is 19.5 Å². The van der Waals surface area contributed by atoms with Crippen LogP contribution in [-0.2, 0) is 4.79 Å². The second-order valence-corrected chi connectivity index (χ2v) is 4.87. The van der Waals surface area contributed by atoms with Crippen molar-refractivity contribution in [2.45, 2.75) is 25.0 Å². The third-order valence-electron chi connectivity index (χ3n) is 3.65. The molecule has 102 valence electrons. The monoisotopic (exact) mass is 263 g/mol. The fourth-order valence-corrected chi connectivity index (χ4v) is 2.64. The van der Waals surface area contributed by atoms with Gasteiger partial charge in [0.15, 0.2) is 11.5 Å². The minimum Gasteiger partial charge on any atom is -0.485 e. The summed E-state index contributed by atoms with van der Waals surface area (Å²) in [6.07, 6.45) is 1.18. The Morgan fingerprint density at radius 1 is 1.37 bits per heavy atom. The van der Waals surface area contributed by atoms with E-state index in [1.165, 1.54) is 0 Å². The Labute approximate surface area is 111 Å². The van der Waals surface area contributed by atoms with Gasteiger partial charge in [0.25, 0.3) is 5.91 Å². The number of nitrogens with zero attached hydrogens (tertiary/aromatic N) is 1. The van der Waals surface area contributed by atoms with Crippen LogP contribution in [0.15, 0.2) is 24.3 Å². The molecule has 5 heteroatoms. The Balaban J connectivity index is 1.72. The van der Waals surface area contributed by atoms with E-state index in [9.17, 15) is 9.90 Å². The van der Waals surface area contributed by atoms with Crippen LogP contribution in [-0.4, -0.2) is 47.8 Å². The average Bonchev–Trinajstić information content (AvgIpc) is 2.94. The highest BCUT2D eigenvalue weighted by molar-refractivity contribution is 5.82. The van der Waals surface area contributed by atoms with Gasteiger partial charge in [0.1, 0.15) is 6.61 Å². The molecule has 3 rings (SSSR count). The van der Waals surface area contributed by atoms with E-state index < -0.39 is 6.10 Å².